The van der Waals surface area contributed by atoms with Crippen LogP contribution in [0, 0.1) is 0 Å². The average molecular weight is 324 g/mol. The zero-order chi connectivity index (χ0) is 16.8. The molecule has 1 saturated heterocycles. The van der Waals surface area contributed by atoms with Gasteiger partial charge in [0.05, 0.1) is 6.54 Å². The molecule has 0 spiro atoms. The van der Waals surface area contributed by atoms with Crippen LogP contribution in [0.2, 0.25) is 0 Å². The molecule has 2 aromatic rings. The Balaban J connectivity index is 1.52. The Morgan fingerprint density at radius 3 is 2.79 bits per heavy atom. The lowest BCUT2D eigenvalue weighted by Crippen LogP contribution is -2.47. The number of anilines is 2. The third kappa shape index (κ3) is 4.32. The molecular formula is C18H20N4O2. The SMILES string of the molecule is O=C1CN(c2ccc(NC(=O)CCc3cccnc3)cc2)CCN1. The van der Waals surface area contributed by atoms with Gasteiger partial charge in [-0.15, -0.1) is 0 Å². The van der Waals surface area contributed by atoms with Gasteiger partial charge in [0.2, 0.25) is 11.8 Å². The van der Waals surface area contributed by atoms with Crippen molar-refractivity contribution in [2.75, 3.05) is 29.9 Å². The van der Waals surface area contributed by atoms with Gasteiger partial charge in [0.15, 0.2) is 0 Å². The van der Waals surface area contributed by atoms with Gasteiger partial charge in [-0.1, -0.05) is 6.07 Å². The number of carbonyl (C=O) groups excluding carboxylic acids is 2. The monoisotopic (exact) mass is 324 g/mol. The summed E-state index contributed by atoms with van der Waals surface area (Å²) in [6.45, 7) is 1.82. The summed E-state index contributed by atoms with van der Waals surface area (Å²) in [5, 5.41) is 5.70. The number of hydrogen-bond acceptors (Lipinski definition) is 4. The molecule has 0 aliphatic carbocycles. The van der Waals surface area contributed by atoms with E-state index in [1.807, 2.05) is 41.3 Å². The van der Waals surface area contributed by atoms with E-state index in [2.05, 4.69) is 15.6 Å². The number of carbonyl (C=O) groups is 2. The van der Waals surface area contributed by atoms with E-state index in [0.29, 0.717) is 25.9 Å². The first-order valence-corrected chi connectivity index (χ1v) is 8.01. The molecule has 6 heteroatoms. The Kier molecular flexibility index (Phi) is 5.05. The largest absolute Gasteiger partial charge is 0.360 e. The molecule has 2 amide bonds. The highest BCUT2D eigenvalue weighted by atomic mass is 16.2. The molecule has 0 bridgehead atoms. The molecule has 3 rings (SSSR count). The highest BCUT2D eigenvalue weighted by Crippen LogP contribution is 2.18. The Morgan fingerprint density at radius 2 is 2.08 bits per heavy atom. The molecule has 0 atom stereocenters. The molecule has 1 aliphatic rings. The van der Waals surface area contributed by atoms with E-state index in [1.54, 1.807) is 12.4 Å². The first-order valence-electron chi connectivity index (χ1n) is 8.01. The van der Waals surface area contributed by atoms with Crippen LogP contribution in [0.4, 0.5) is 11.4 Å². The summed E-state index contributed by atoms with van der Waals surface area (Å²) in [6.07, 6.45) is 4.58. The quantitative estimate of drug-likeness (QED) is 0.876. The Labute approximate surface area is 140 Å². The fourth-order valence-corrected chi connectivity index (χ4v) is 2.64. The van der Waals surface area contributed by atoms with E-state index in [1.165, 1.54) is 0 Å². The number of hydrogen-bond donors (Lipinski definition) is 2. The van der Waals surface area contributed by atoms with Crippen LogP contribution in [0.5, 0.6) is 0 Å². The standard InChI is InChI=1S/C18H20N4O2/c23-17(8-3-14-2-1-9-19-12-14)21-15-4-6-16(7-5-15)22-11-10-20-18(24)13-22/h1-2,4-7,9,12H,3,8,10-11,13H2,(H,20,24)(H,21,23). The van der Waals surface area contributed by atoms with Gasteiger partial charge in [-0.05, 0) is 42.3 Å². The molecule has 0 unspecified atom stereocenters. The fraction of sp³-hybridized carbons (Fsp3) is 0.278. The second kappa shape index (κ2) is 7.59. The normalized spacial score (nSPS) is 14.2. The lowest BCUT2D eigenvalue weighted by Gasteiger charge is -2.28. The van der Waals surface area contributed by atoms with Crippen molar-refractivity contribution in [3.8, 4) is 0 Å². The fourth-order valence-electron chi connectivity index (χ4n) is 2.64. The van der Waals surface area contributed by atoms with Crippen molar-refractivity contribution < 1.29 is 9.59 Å². The maximum absolute atomic E-state index is 12.0. The molecule has 1 aromatic heterocycles. The van der Waals surface area contributed by atoms with Crippen LogP contribution in [0.3, 0.4) is 0 Å². The number of aromatic nitrogens is 1. The van der Waals surface area contributed by atoms with Crippen molar-refractivity contribution in [1.82, 2.24) is 10.3 Å². The predicted molar refractivity (Wildman–Crippen MR) is 92.9 cm³/mol. The van der Waals surface area contributed by atoms with E-state index < -0.39 is 0 Å². The van der Waals surface area contributed by atoms with Crippen LogP contribution in [-0.2, 0) is 16.0 Å². The van der Waals surface area contributed by atoms with Crippen molar-refractivity contribution >= 4 is 23.2 Å². The van der Waals surface area contributed by atoms with E-state index >= 15 is 0 Å². The minimum atomic E-state index is -0.0241. The number of piperazine rings is 1. The van der Waals surface area contributed by atoms with Gasteiger partial charge < -0.3 is 15.5 Å². The van der Waals surface area contributed by atoms with E-state index in [4.69, 9.17) is 0 Å². The number of benzene rings is 1. The molecule has 0 saturated carbocycles. The van der Waals surface area contributed by atoms with Crippen molar-refractivity contribution in [3.63, 3.8) is 0 Å². The van der Waals surface area contributed by atoms with Gasteiger partial charge in [0.1, 0.15) is 0 Å². The van der Waals surface area contributed by atoms with Crippen molar-refractivity contribution in [3.05, 3.63) is 54.4 Å². The van der Waals surface area contributed by atoms with Gasteiger partial charge in [-0.3, -0.25) is 14.6 Å². The minimum absolute atomic E-state index is 0.0241. The molecule has 124 valence electrons. The molecule has 2 heterocycles. The first-order chi connectivity index (χ1) is 11.7. The summed E-state index contributed by atoms with van der Waals surface area (Å²) < 4.78 is 0. The topological polar surface area (TPSA) is 74.3 Å². The van der Waals surface area contributed by atoms with Crippen LogP contribution in [0.15, 0.2) is 48.8 Å². The van der Waals surface area contributed by atoms with E-state index in [0.717, 1.165) is 23.5 Å². The van der Waals surface area contributed by atoms with Gasteiger partial charge in [0, 0.05) is 43.3 Å². The lowest BCUT2D eigenvalue weighted by molar-refractivity contribution is -0.120. The minimum Gasteiger partial charge on any atom is -0.360 e. The van der Waals surface area contributed by atoms with Crippen LogP contribution in [0.25, 0.3) is 0 Å². The Bertz CT molecular complexity index is 701. The number of pyridine rings is 1. The highest BCUT2D eigenvalue weighted by Gasteiger charge is 2.16. The second-order valence-corrected chi connectivity index (χ2v) is 5.73. The molecule has 1 aliphatic heterocycles. The smallest absolute Gasteiger partial charge is 0.239 e. The number of rotatable bonds is 5. The van der Waals surface area contributed by atoms with Gasteiger partial charge in [-0.2, -0.15) is 0 Å². The molecule has 1 fully saturated rings. The van der Waals surface area contributed by atoms with E-state index in [9.17, 15) is 9.59 Å². The summed E-state index contributed by atoms with van der Waals surface area (Å²) in [4.78, 5) is 29.5. The molecule has 24 heavy (non-hydrogen) atoms. The van der Waals surface area contributed by atoms with Crippen LogP contribution in [-0.4, -0.2) is 36.4 Å². The zero-order valence-corrected chi connectivity index (χ0v) is 13.4. The van der Waals surface area contributed by atoms with Crippen LogP contribution in [0.1, 0.15) is 12.0 Å². The van der Waals surface area contributed by atoms with Crippen LogP contribution >= 0.6 is 0 Å². The highest BCUT2D eigenvalue weighted by molar-refractivity contribution is 5.91. The second-order valence-electron chi connectivity index (χ2n) is 5.73. The molecular weight excluding hydrogens is 304 g/mol. The maximum Gasteiger partial charge on any atom is 0.239 e. The summed E-state index contributed by atoms with van der Waals surface area (Å²) in [5.41, 5.74) is 2.79. The number of nitrogens with one attached hydrogen (secondary N) is 2. The molecule has 1 aromatic carbocycles. The van der Waals surface area contributed by atoms with E-state index in [-0.39, 0.29) is 11.8 Å². The van der Waals surface area contributed by atoms with Crippen molar-refractivity contribution in [2.45, 2.75) is 12.8 Å². The third-order valence-corrected chi connectivity index (χ3v) is 3.92. The van der Waals surface area contributed by atoms with Crippen LogP contribution < -0.4 is 15.5 Å². The third-order valence-electron chi connectivity index (χ3n) is 3.92. The maximum atomic E-state index is 12.0. The molecule has 0 radical (unpaired) electrons. The first kappa shape index (κ1) is 16.0. The lowest BCUT2D eigenvalue weighted by atomic mass is 10.1. The summed E-state index contributed by atoms with van der Waals surface area (Å²) in [6, 6.07) is 11.4. The Morgan fingerprint density at radius 1 is 1.25 bits per heavy atom. The summed E-state index contributed by atoms with van der Waals surface area (Å²) in [7, 11) is 0. The molecule has 6 nitrogen and oxygen atoms in total. The molecule has 2 N–H and O–H groups in total. The number of nitrogens with zero attached hydrogens (tertiary/aromatic N) is 2. The van der Waals surface area contributed by atoms with Gasteiger partial charge in [0.25, 0.3) is 0 Å². The Hall–Kier alpha value is -2.89. The van der Waals surface area contributed by atoms with Crippen molar-refractivity contribution in [1.29, 1.82) is 0 Å². The zero-order valence-electron chi connectivity index (χ0n) is 13.4. The number of amides is 2. The predicted octanol–water partition coefficient (Wildman–Crippen LogP) is 1.59. The summed E-state index contributed by atoms with van der Waals surface area (Å²) >= 11 is 0. The van der Waals surface area contributed by atoms with Gasteiger partial charge in [-0.25, -0.2) is 0 Å². The number of aryl methyl sites for hydroxylation is 1. The van der Waals surface area contributed by atoms with Gasteiger partial charge >= 0.3 is 0 Å². The van der Waals surface area contributed by atoms with Crippen molar-refractivity contribution in [2.24, 2.45) is 0 Å². The average Bonchev–Trinajstić information content (AvgIpc) is 2.61. The summed E-state index contributed by atoms with van der Waals surface area (Å²) in [5.74, 6) is 0.0120.